The second kappa shape index (κ2) is 18.9. The summed E-state index contributed by atoms with van der Waals surface area (Å²) in [6, 6.07) is 7.44. The van der Waals surface area contributed by atoms with E-state index in [-0.39, 0.29) is 74.2 Å². The van der Waals surface area contributed by atoms with Gasteiger partial charge in [-0.15, -0.1) is 0 Å². The molecular formula is C47H65FN7O8S+. The normalized spacial score (nSPS) is 19.6. The van der Waals surface area contributed by atoms with Crippen molar-refractivity contribution in [3.05, 3.63) is 53.1 Å². The SMILES string of the molecule is CCc1cc(O)c(F)cc1-c1ccc2c(-c3nc4c(n3COCC[S+](C)C)CN(C(=O)OC(C)(C)C)[C@H](C(=O)N3CCN(C(=O)OC(C)(C)C)C[C@@H]3C)C4)nn(C3CCCCO3)c2c1. The summed E-state index contributed by atoms with van der Waals surface area (Å²) in [6.07, 6.45) is 6.27. The lowest BCUT2D eigenvalue weighted by Crippen LogP contribution is -2.61. The van der Waals surface area contributed by atoms with Crippen molar-refractivity contribution in [1.29, 1.82) is 0 Å². The molecule has 0 spiro atoms. The van der Waals surface area contributed by atoms with E-state index in [2.05, 4.69) is 12.5 Å². The van der Waals surface area contributed by atoms with Gasteiger partial charge < -0.3 is 38.4 Å². The summed E-state index contributed by atoms with van der Waals surface area (Å²) in [7, 11) is 0.147. The van der Waals surface area contributed by atoms with Crippen molar-refractivity contribution < 1.29 is 42.8 Å². The topological polar surface area (TPSA) is 154 Å². The van der Waals surface area contributed by atoms with Crippen LogP contribution in [0.5, 0.6) is 5.75 Å². The first-order valence-corrected chi connectivity index (χ1v) is 24.6. The monoisotopic (exact) mass is 906 g/mol. The molecule has 17 heteroatoms. The molecule has 2 fully saturated rings. The van der Waals surface area contributed by atoms with Crippen LogP contribution in [0, 0.1) is 5.82 Å². The van der Waals surface area contributed by atoms with E-state index < -0.39 is 35.2 Å². The minimum Gasteiger partial charge on any atom is -0.505 e. The van der Waals surface area contributed by atoms with Crippen LogP contribution in [0.1, 0.15) is 97.8 Å². The molecule has 0 saturated carbocycles. The molecule has 3 amide bonds. The van der Waals surface area contributed by atoms with Gasteiger partial charge in [-0.05, 0) is 126 Å². The lowest BCUT2D eigenvalue weighted by Gasteiger charge is -2.43. The van der Waals surface area contributed by atoms with Gasteiger partial charge in [0.1, 0.15) is 35.4 Å². The highest BCUT2D eigenvalue weighted by atomic mass is 32.2. The Morgan fingerprint density at radius 2 is 1.72 bits per heavy atom. The number of aromatic hydroxyl groups is 1. The lowest BCUT2D eigenvalue weighted by atomic mass is 9.96. The summed E-state index contributed by atoms with van der Waals surface area (Å²) >= 11 is 0. The summed E-state index contributed by atoms with van der Waals surface area (Å²) in [4.78, 5) is 52.2. The van der Waals surface area contributed by atoms with Crippen molar-refractivity contribution >= 4 is 39.9 Å². The zero-order chi connectivity index (χ0) is 46.2. The number of benzene rings is 2. The molecule has 4 aromatic rings. The summed E-state index contributed by atoms with van der Waals surface area (Å²) in [5.41, 5.74) is 3.45. The van der Waals surface area contributed by atoms with E-state index in [1.165, 1.54) is 17.0 Å². The van der Waals surface area contributed by atoms with Gasteiger partial charge in [-0.1, -0.05) is 13.0 Å². The number of carbonyl (C=O) groups is 3. The number of hydrogen-bond donors (Lipinski definition) is 1. The molecular weight excluding hydrogens is 842 g/mol. The average Bonchev–Trinajstić information content (AvgIpc) is 3.78. The summed E-state index contributed by atoms with van der Waals surface area (Å²) in [6.45, 7) is 16.8. The molecule has 0 aliphatic carbocycles. The highest BCUT2D eigenvalue weighted by Gasteiger charge is 2.44. The van der Waals surface area contributed by atoms with E-state index in [4.69, 9.17) is 29.0 Å². The maximum absolute atomic E-state index is 14.9. The number of aryl methyl sites for hydroxylation is 1. The number of nitrogens with zero attached hydrogens (tertiary/aromatic N) is 7. The fraction of sp³-hybridized carbons (Fsp3) is 0.596. The zero-order valence-corrected chi connectivity index (χ0v) is 39.8. The maximum atomic E-state index is 14.9. The van der Waals surface area contributed by atoms with Crippen LogP contribution in [0.4, 0.5) is 14.0 Å². The highest BCUT2D eigenvalue weighted by Crippen LogP contribution is 2.39. The van der Waals surface area contributed by atoms with E-state index in [9.17, 15) is 23.9 Å². The third-order valence-electron chi connectivity index (χ3n) is 11.8. The molecule has 3 atom stereocenters. The molecule has 15 nitrogen and oxygen atoms in total. The predicted molar refractivity (Wildman–Crippen MR) is 245 cm³/mol. The van der Waals surface area contributed by atoms with Crippen LogP contribution < -0.4 is 0 Å². The van der Waals surface area contributed by atoms with Gasteiger partial charge in [0.05, 0.1) is 42.6 Å². The van der Waals surface area contributed by atoms with Crippen molar-refractivity contribution in [2.24, 2.45) is 0 Å². The van der Waals surface area contributed by atoms with Gasteiger partial charge in [0.15, 0.2) is 23.6 Å². The Morgan fingerprint density at radius 1 is 0.984 bits per heavy atom. The van der Waals surface area contributed by atoms with Crippen LogP contribution >= 0.6 is 0 Å². The van der Waals surface area contributed by atoms with Gasteiger partial charge in [0.2, 0.25) is 5.91 Å². The summed E-state index contributed by atoms with van der Waals surface area (Å²) in [5.74, 6) is 0.0412. The van der Waals surface area contributed by atoms with Gasteiger partial charge in [0, 0.05) is 44.1 Å². The lowest BCUT2D eigenvalue weighted by molar-refractivity contribution is -0.142. The van der Waals surface area contributed by atoms with Crippen LogP contribution in [-0.2, 0) is 60.8 Å². The third-order valence-corrected chi connectivity index (χ3v) is 12.8. The average molecular weight is 907 g/mol. The molecule has 64 heavy (non-hydrogen) atoms. The molecule has 0 radical (unpaired) electrons. The van der Waals surface area contributed by atoms with E-state index in [0.717, 1.165) is 47.0 Å². The van der Waals surface area contributed by atoms with Gasteiger partial charge in [-0.2, -0.15) is 5.10 Å². The molecule has 3 aliphatic heterocycles. The summed E-state index contributed by atoms with van der Waals surface area (Å²) < 4.78 is 43.0. The molecule has 2 aromatic carbocycles. The second-order valence-electron chi connectivity index (χ2n) is 19.3. The van der Waals surface area contributed by atoms with E-state index in [1.807, 2.05) is 62.1 Å². The molecule has 2 aromatic heterocycles. The standard InChI is InChI=1S/C47H64FN7O8S/c1-11-30-23-39(56)34(48)24-33(30)31-15-16-32-36(22-31)55(40-14-12-13-19-61-40)50-41(32)42-49-35-25-37(43(57)52-18-17-51(26-29(52)2)44(58)62-46(3,4)5)53(45(59)63-47(6,7)8)27-38(35)54(42)28-60-20-21-64(9)10/h15-16,22-24,29,37,40H,11-14,17-21,25-28H2,1-10H3/p+1/t29-,37-,40?/m0/s1. The number of aromatic nitrogens is 4. The Kier molecular flexibility index (Phi) is 13.9. The number of piperazine rings is 1. The third kappa shape index (κ3) is 10.3. The zero-order valence-electron chi connectivity index (χ0n) is 39.0. The first-order valence-electron chi connectivity index (χ1n) is 22.4. The molecule has 0 bridgehead atoms. The summed E-state index contributed by atoms with van der Waals surface area (Å²) in [5, 5.41) is 16.2. The number of carbonyl (C=O) groups excluding carboxylic acids is 3. The first-order chi connectivity index (χ1) is 30.2. The fourth-order valence-electron chi connectivity index (χ4n) is 8.62. The number of ether oxygens (including phenoxy) is 4. The minimum absolute atomic E-state index is 0.0237. The Bertz CT molecular complexity index is 2360. The number of fused-ring (bicyclic) bond motifs is 2. The smallest absolute Gasteiger partial charge is 0.411 e. The molecule has 7 rings (SSSR count). The van der Waals surface area contributed by atoms with Crippen LogP contribution in [0.15, 0.2) is 30.3 Å². The van der Waals surface area contributed by atoms with E-state index in [0.29, 0.717) is 48.1 Å². The Morgan fingerprint density at radius 3 is 2.38 bits per heavy atom. The van der Waals surface area contributed by atoms with Gasteiger partial charge in [0.25, 0.3) is 0 Å². The second-order valence-corrected chi connectivity index (χ2v) is 21.7. The van der Waals surface area contributed by atoms with Gasteiger partial charge >= 0.3 is 12.2 Å². The first kappa shape index (κ1) is 47.1. The molecule has 5 heterocycles. The fourth-order valence-corrected chi connectivity index (χ4v) is 9.07. The van der Waals surface area contributed by atoms with Crippen LogP contribution in [0.25, 0.3) is 33.5 Å². The maximum Gasteiger partial charge on any atom is 0.411 e. The number of phenolic OH excluding ortho intramolecular Hbond substituents is 1. The minimum atomic E-state index is -0.942. The van der Waals surface area contributed by atoms with Crippen molar-refractivity contribution in [2.75, 3.05) is 51.1 Å². The Hall–Kier alpha value is -4.87. The highest BCUT2D eigenvalue weighted by molar-refractivity contribution is 7.95. The van der Waals surface area contributed by atoms with Crippen molar-refractivity contribution in [1.82, 2.24) is 34.0 Å². The van der Waals surface area contributed by atoms with Crippen LogP contribution in [0.2, 0.25) is 0 Å². The molecule has 1 unspecified atom stereocenters. The Labute approximate surface area is 378 Å². The van der Waals surface area contributed by atoms with Gasteiger partial charge in [-0.3, -0.25) is 9.69 Å². The van der Waals surface area contributed by atoms with Gasteiger partial charge in [-0.25, -0.2) is 23.6 Å². The molecule has 348 valence electrons. The van der Waals surface area contributed by atoms with E-state index in [1.54, 1.807) is 30.6 Å². The van der Waals surface area contributed by atoms with Crippen molar-refractivity contribution in [3.8, 4) is 28.4 Å². The Balaban J connectivity index is 1.32. The van der Waals surface area contributed by atoms with Crippen molar-refractivity contribution in [3.63, 3.8) is 0 Å². The molecule has 2 saturated heterocycles. The van der Waals surface area contributed by atoms with Crippen LogP contribution in [-0.4, -0.2) is 132 Å². The number of phenols is 1. The number of hydrogen-bond acceptors (Lipinski definition) is 10. The van der Waals surface area contributed by atoms with Crippen LogP contribution in [0.3, 0.4) is 0 Å². The molecule has 1 N–H and O–H groups in total. The number of amides is 3. The predicted octanol–water partition coefficient (Wildman–Crippen LogP) is 7.65. The number of imidazole rings is 1. The quantitative estimate of drug-likeness (QED) is 0.124. The number of rotatable bonds is 10. The van der Waals surface area contributed by atoms with Crippen molar-refractivity contribution in [2.45, 2.75) is 130 Å². The van der Waals surface area contributed by atoms with E-state index >= 15 is 0 Å². The molecule has 3 aliphatic rings. The largest absolute Gasteiger partial charge is 0.505 e. The number of halogens is 1.